The van der Waals surface area contributed by atoms with Crippen molar-refractivity contribution in [1.29, 1.82) is 0 Å². The van der Waals surface area contributed by atoms with E-state index in [-0.39, 0.29) is 34.5 Å². The summed E-state index contributed by atoms with van der Waals surface area (Å²) in [5.74, 6) is -1.21. The highest BCUT2D eigenvalue weighted by Crippen LogP contribution is 2.27. The molecule has 1 aromatic rings. The Morgan fingerprint density at radius 2 is 1.89 bits per heavy atom. The van der Waals surface area contributed by atoms with Crippen LogP contribution in [0.5, 0.6) is 0 Å². The number of carbonyl (C=O) groups excluding carboxylic acids is 3. The van der Waals surface area contributed by atoms with Crippen LogP contribution in [0, 0.1) is 6.92 Å². The summed E-state index contributed by atoms with van der Waals surface area (Å²) < 4.78 is 5.23. The third-order valence-electron chi connectivity index (χ3n) is 2.41. The van der Waals surface area contributed by atoms with Crippen LogP contribution < -0.4 is 11.1 Å². The van der Waals surface area contributed by atoms with Gasteiger partial charge in [0.25, 0.3) is 5.91 Å². The van der Waals surface area contributed by atoms with E-state index in [9.17, 15) is 14.4 Å². The Morgan fingerprint density at radius 1 is 1.28 bits per heavy atom. The lowest BCUT2D eigenvalue weighted by atomic mass is 10.1. The Labute approximate surface area is 105 Å². The molecule has 0 aliphatic rings. The zero-order valence-corrected chi connectivity index (χ0v) is 10.6. The van der Waals surface area contributed by atoms with Crippen LogP contribution in [0.2, 0.25) is 0 Å². The van der Waals surface area contributed by atoms with Crippen LogP contribution in [0.3, 0.4) is 0 Å². The molecule has 0 radical (unpaired) electrons. The van der Waals surface area contributed by atoms with Gasteiger partial charge in [0.05, 0.1) is 5.56 Å². The van der Waals surface area contributed by atoms with Crippen LogP contribution in [0.15, 0.2) is 4.42 Å². The molecule has 0 spiro atoms. The van der Waals surface area contributed by atoms with Gasteiger partial charge in [0.15, 0.2) is 5.78 Å². The molecular weight excluding hydrogens is 236 g/mol. The summed E-state index contributed by atoms with van der Waals surface area (Å²) in [5.41, 5.74) is 5.27. The second kappa shape index (κ2) is 5.48. The van der Waals surface area contributed by atoms with Crippen LogP contribution in [-0.2, 0) is 4.79 Å². The van der Waals surface area contributed by atoms with Crippen molar-refractivity contribution < 1.29 is 18.8 Å². The highest BCUT2D eigenvalue weighted by atomic mass is 16.4. The molecule has 1 rings (SSSR count). The van der Waals surface area contributed by atoms with E-state index in [4.69, 9.17) is 10.2 Å². The quantitative estimate of drug-likeness (QED) is 0.777. The van der Waals surface area contributed by atoms with Gasteiger partial charge < -0.3 is 10.2 Å². The molecule has 2 amide bonds. The SMILES string of the molecule is CCCC(=O)Nc1oc(C)c(C(C)=O)c1C(N)=O. The molecule has 6 heteroatoms. The highest BCUT2D eigenvalue weighted by molar-refractivity contribution is 6.11. The smallest absolute Gasteiger partial charge is 0.255 e. The molecule has 0 unspecified atom stereocenters. The van der Waals surface area contributed by atoms with E-state index in [1.807, 2.05) is 6.92 Å². The maximum atomic E-state index is 11.5. The fourth-order valence-electron chi connectivity index (χ4n) is 1.71. The molecule has 0 aliphatic heterocycles. The van der Waals surface area contributed by atoms with E-state index >= 15 is 0 Å². The zero-order valence-electron chi connectivity index (χ0n) is 10.6. The van der Waals surface area contributed by atoms with Gasteiger partial charge >= 0.3 is 0 Å². The molecule has 98 valence electrons. The molecule has 0 atom stereocenters. The Morgan fingerprint density at radius 3 is 2.33 bits per heavy atom. The first kappa shape index (κ1) is 14.0. The van der Waals surface area contributed by atoms with Crippen molar-refractivity contribution in [3.05, 3.63) is 16.9 Å². The number of ketones is 1. The van der Waals surface area contributed by atoms with Crippen LogP contribution >= 0.6 is 0 Å². The normalized spacial score (nSPS) is 10.2. The van der Waals surface area contributed by atoms with Gasteiger partial charge in [0.2, 0.25) is 11.8 Å². The van der Waals surface area contributed by atoms with Crippen molar-refractivity contribution in [3.63, 3.8) is 0 Å². The molecule has 1 heterocycles. The predicted octanol–water partition coefficient (Wildman–Crippen LogP) is 1.63. The average Bonchev–Trinajstić information content (AvgIpc) is 2.55. The summed E-state index contributed by atoms with van der Waals surface area (Å²) in [6.45, 7) is 4.70. The third-order valence-corrected chi connectivity index (χ3v) is 2.41. The van der Waals surface area contributed by atoms with Crippen molar-refractivity contribution >= 4 is 23.5 Å². The van der Waals surface area contributed by atoms with E-state index in [1.165, 1.54) is 6.92 Å². The molecule has 0 saturated heterocycles. The lowest BCUT2D eigenvalue weighted by Gasteiger charge is -2.02. The molecule has 3 N–H and O–H groups in total. The van der Waals surface area contributed by atoms with Gasteiger partial charge in [-0.3, -0.25) is 19.7 Å². The zero-order chi connectivity index (χ0) is 13.9. The number of hydrogen-bond donors (Lipinski definition) is 2. The second-order valence-corrected chi connectivity index (χ2v) is 3.96. The lowest BCUT2D eigenvalue weighted by Crippen LogP contribution is -2.18. The van der Waals surface area contributed by atoms with Gasteiger partial charge in [0.1, 0.15) is 11.3 Å². The lowest BCUT2D eigenvalue weighted by molar-refractivity contribution is -0.116. The van der Waals surface area contributed by atoms with Crippen molar-refractivity contribution in [3.8, 4) is 0 Å². The molecule has 1 aromatic heterocycles. The minimum Gasteiger partial charge on any atom is -0.444 e. The Kier molecular flexibility index (Phi) is 4.25. The maximum absolute atomic E-state index is 11.5. The molecule has 0 saturated carbocycles. The number of carbonyl (C=O) groups is 3. The Hall–Kier alpha value is -2.11. The number of nitrogens with one attached hydrogen (secondary N) is 1. The number of nitrogens with two attached hydrogens (primary N) is 1. The van der Waals surface area contributed by atoms with Crippen LogP contribution in [0.1, 0.15) is 53.2 Å². The fraction of sp³-hybridized carbons (Fsp3) is 0.417. The summed E-state index contributed by atoms with van der Waals surface area (Å²) in [5, 5.41) is 2.45. The number of anilines is 1. The fourth-order valence-corrected chi connectivity index (χ4v) is 1.71. The van der Waals surface area contributed by atoms with Gasteiger partial charge in [-0.05, 0) is 20.3 Å². The molecule has 18 heavy (non-hydrogen) atoms. The first-order chi connectivity index (χ1) is 8.38. The van der Waals surface area contributed by atoms with Crippen LogP contribution in [0.4, 0.5) is 5.88 Å². The first-order valence-corrected chi connectivity index (χ1v) is 5.62. The molecule has 0 aromatic carbocycles. The highest BCUT2D eigenvalue weighted by Gasteiger charge is 2.25. The minimum atomic E-state index is -0.802. The minimum absolute atomic E-state index is 0.0522. The van der Waals surface area contributed by atoms with E-state index in [1.54, 1.807) is 6.92 Å². The molecule has 0 aliphatic carbocycles. The number of hydrogen-bond acceptors (Lipinski definition) is 4. The van der Waals surface area contributed by atoms with Gasteiger partial charge in [-0.1, -0.05) is 6.92 Å². The molecule has 6 nitrogen and oxygen atoms in total. The average molecular weight is 252 g/mol. The Balaban J connectivity index is 3.20. The second-order valence-electron chi connectivity index (χ2n) is 3.96. The van der Waals surface area contributed by atoms with Crippen molar-refractivity contribution in [2.45, 2.75) is 33.6 Å². The number of furan rings is 1. The van der Waals surface area contributed by atoms with Crippen molar-refractivity contribution in [2.75, 3.05) is 5.32 Å². The summed E-state index contributed by atoms with van der Waals surface area (Å²) in [4.78, 5) is 34.3. The summed E-state index contributed by atoms with van der Waals surface area (Å²) in [7, 11) is 0. The maximum Gasteiger partial charge on any atom is 0.255 e. The molecule has 0 bridgehead atoms. The van der Waals surface area contributed by atoms with Crippen molar-refractivity contribution in [1.82, 2.24) is 0 Å². The van der Waals surface area contributed by atoms with Crippen molar-refractivity contribution in [2.24, 2.45) is 5.73 Å². The molecule has 0 fully saturated rings. The number of Topliss-reactive ketones (excluding diaryl/α,β-unsaturated/α-hetero) is 1. The number of primary amides is 1. The van der Waals surface area contributed by atoms with E-state index in [2.05, 4.69) is 5.32 Å². The predicted molar refractivity (Wildman–Crippen MR) is 65.5 cm³/mol. The summed E-state index contributed by atoms with van der Waals surface area (Å²) in [6.07, 6.45) is 0.963. The summed E-state index contributed by atoms with van der Waals surface area (Å²) >= 11 is 0. The van der Waals surface area contributed by atoms with Crippen LogP contribution in [-0.4, -0.2) is 17.6 Å². The van der Waals surface area contributed by atoms with Gasteiger partial charge in [-0.15, -0.1) is 0 Å². The first-order valence-electron chi connectivity index (χ1n) is 5.62. The van der Waals surface area contributed by atoms with Gasteiger partial charge in [0, 0.05) is 6.42 Å². The number of amides is 2. The monoisotopic (exact) mass is 252 g/mol. The summed E-state index contributed by atoms with van der Waals surface area (Å²) in [6, 6.07) is 0. The standard InChI is InChI=1S/C12H16N2O4/c1-4-5-8(16)14-12-10(11(13)17)9(6(2)15)7(3)18-12/h4-5H2,1-3H3,(H2,13,17)(H,14,16). The Bertz CT molecular complexity index is 502. The van der Waals surface area contributed by atoms with E-state index < -0.39 is 5.91 Å². The number of aryl methyl sites for hydroxylation is 1. The molecular formula is C12H16N2O4. The topological polar surface area (TPSA) is 102 Å². The van der Waals surface area contributed by atoms with Gasteiger partial charge in [-0.2, -0.15) is 0 Å². The van der Waals surface area contributed by atoms with E-state index in [0.717, 1.165) is 0 Å². The third kappa shape index (κ3) is 2.77. The largest absolute Gasteiger partial charge is 0.444 e. The number of rotatable bonds is 5. The van der Waals surface area contributed by atoms with Crippen LogP contribution in [0.25, 0.3) is 0 Å². The van der Waals surface area contributed by atoms with Gasteiger partial charge in [-0.25, -0.2) is 0 Å². The van der Waals surface area contributed by atoms with E-state index in [0.29, 0.717) is 12.8 Å².